The van der Waals surface area contributed by atoms with Crippen molar-refractivity contribution >= 4 is 5.97 Å². The summed E-state index contributed by atoms with van der Waals surface area (Å²) in [7, 11) is 3.10. The molecule has 0 bridgehead atoms. The van der Waals surface area contributed by atoms with E-state index in [0.717, 1.165) is 30.6 Å². The predicted molar refractivity (Wildman–Crippen MR) is 92.3 cm³/mol. The molecule has 0 atom stereocenters. The van der Waals surface area contributed by atoms with Crippen LogP contribution in [0, 0.1) is 13.8 Å². The first-order valence-corrected chi connectivity index (χ1v) is 7.86. The van der Waals surface area contributed by atoms with Crippen molar-refractivity contribution in [3.05, 3.63) is 64.2 Å². The lowest BCUT2D eigenvalue weighted by molar-refractivity contribution is 0.0600. The number of benzene rings is 2. The van der Waals surface area contributed by atoms with Gasteiger partial charge in [0.25, 0.3) is 0 Å². The van der Waals surface area contributed by atoms with Crippen molar-refractivity contribution in [2.75, 3.05) is 14.2 Å². The van der Waals surface area contributed by atoms with Gasteiger partial charge in [0.2, 0.25) is 0 Å². The Kier molecular flexibility index (Phi) is 5.80. The minimum absolute atomic E-state index is 0.286. The number of rotatable bonds is 6. The second-order valence-corrected chi connectivity index (χ2v) is 5.84. The van der Waals surface area contributed by atoms with Crippen molar-refractivity contribution in [1.29, 1.82) is 0 Å². The molecule has 0 fully saturated rings. The summed E-state index contributed by atoms with van der Waals surface area (Å²) in [6.07, 6.45) is 3.06. The van der Waals surface area contributed by atoms with Crippen LogP contribution in [-0.4, -0.2) is 20.2 Å². The summed E-state index contributed by atoms with van der Waals surface area (Å²) in [6.45, 7) is 4.12. The monoisotopic (exact) mass is 312 g/mol. The smallest absolute Gasteiger partial charge is 0.337 e. The number of aryl methyl sites for hydroxylation is 4. The van der Waals surface area contributed by atoms with Gasteiger partial charge < -0.3 is 9.47 Å². The largest absolute Gasteiger partial charge is 0.497 e. The Labute approximate surface area is 138 Å². The zero-order valence-corrected chi connectivity index (χ0v) is 14.3. The van der Waals surface area contributed by atoms with E-state index in [1.54, 1.807) is 7.11 Å². The first kappa shape index (κ1) is 17.1. The summed E-state index contributed by atoms with van der Waals surface area (Å²) in [4.78, 5) is 11.5. The average Bonchev–Trinajstić information content (AvgIpc) is 2.55. The first-order valence-electron chi connectivity index (χ1n) is 7.86. The van der Waals surface area contributed by atoms with Gasteiger partial charge in [-0.2, -0.15) is 0 Å². The summed E-state index contributed by atoms with van der Waals surface area (Å²) < 4.78 is 10.1. The standard InChI is InChI=1S/C20H24O3/c1-14-10-16(13-19(11-14)22-3)6-5-7-17-8-9-18(12-15(17)2)20(21)23-4/h8-13H,5-7H2,1-4H3. The molecular weight excluding hydrogens is 288 g/mol. The highest BCUT2D eigenvalue weighted by molar-refractivity contribution is 5.89. The number of carbonyl (C=O) groups is 1. The molecule has 0 spiro atoms. The van der Waals surface area contributed by atoms with E-state index in [1.807, 2.05) is 31.2 Å². The fourth-order valence-electron chi connectivity index (χ4n) is 2.79. The van der Waals surface area contributed by atoms with Crippen LogP contribution in [0.25, 0.3) is 0 Å². The lowest BCUT2D eigenvalue weighted by Gasteiger charge is -2.09. The molecule has 2 rings (SSSR count). The lowest BCUT2D eigenvalue weighted by atomic mass is 9.98. The van der Waals surface area contributed by atoms with Crippen LogP contribution in [0.3, 0.4) is 0 Å². The maximum absolute atomic E-state index is 11.5. The van der Waals surface area contributed by atoms with E-state index in [0.29, 0.717) is 5.56 Å². The van der Waals surface area contributed by atoms with Crippen molar-refractivity contribution in [1.82, 2.24) is 0 Å². The summed E-state index contributed by atoms with van der Waals surface area (Å²) >= 11 is 0. The van der Waals surface area contributed by atoms with Gasteiger partial charge in [-0.25, -0.2) is 4.79 Å². The average molecular weight is 312 g/mol. The molecule has 0 radical (unpaired) electrons. The van der Waals surface area contributed by atoms with Gasteiger partial charge in [0, 0.05) is 0 Å². The first-order chi connectivity index (χ1) is 11.0. The van der Waals surface area contributed by atoms with Gasteiger partial charge in [-0.1, -0.05) is 12.1 Å². The van der Waals surface area contributed by atoms with Crippen molar-refractivity contribution in [3.8, 4) is 5.75 Å². The molecule has 23 heavy (non-hydrogen) atoms. The molecule has 0 N–H and O–H groups in total. The Morgan fingerprint density at radius 1 is 1.00 bits per heavy atom. The second kappa shape index (κ2) is 7.82. The number of methoxy groups -OCH3 is 2. The molecule has 0 aliphatic heterocycles. The number of carbonyl (C=O) groups excluding carboxylic acids is 1. The third-order valence-electron chi connectivity index (χ3n) is 4.02. The minimum atomic E-state index is -0.286. The number of hydrogen-bond donors (Lipinski definition) is 0. The fourth-order valence-corrected chi connectivity index (χ4v) is 2.79. The predicted octanol–water partition coefficient (Wildman–Crippen LogP) is 4.27. The van der Waals surface area contributed by atoms with Crippen LogP contribution in [0.2, 0.25) is 0 Å². The molecule has 0 heterocycles. The van der Waals surface area contributed by atoms with Gasteiger partial charge in [-0.15, -0.1) is 0 Å². The Bertz CT molecular complexity index is 689. The molecule has 2 aromatic rings. The van der Waals surface area contributed by atoms with Gasteiger partial charge in [0.15, 0.2) is 0 Å². The van der Waals surface area contributed by atoms with E-state index in [-0.39, 0.29) is 5.97 Å². The van der Waals surface area contributed by atoms with Gasteiger partial charge in [0.05, 0.1) is 19.8 Å². The minimum Gasteiger partial charge on any atom is -0.497 e. The van der Waals surface area contributed by atoms with Crippen molar-refractivity contribution in [2.24, 2.45) is 0 Å². The highest BCUT2D eigenvalue weighted by Gasteiger charge is 2.07. The summed E-state index contributed by atoms with van der Waals surface area (Å²) in [5.74, 6) is 0.630. The number of hydrogen-bond acceptors (Lipinski definition) is 3. The molecule has 0 aliphatic carbocycles. The Morgan fingerprint density at radius 3 is 2.43 bits per heavy atom. The second-order valence-electron chi connectivity index (χ2n) is 5.84. The molecule has 0 amide bonds. The molecule has 3 heteroatoms. The molecule has 0 aliphatic rings. The summed E-state index contributed by atoms with van der Waals surface area (Å²) in [6, 6.07) is 12.1. The van der Waals surface area contributed by atoms with Crippen molar-refractivity contribution in [2.45, 2.75) is 33.1 Å². The van der Waals surface area contributed by atoms with E-state index >= 15 is 0 Å². The quantitative estimate of drug-likeness (QED) is 0.747. The van der Waals surface area contributed by atoms with E-state index in [2.05, 4.69) is 19.1 Å². The fraction of sp³-hybridized carbons (Fsp3) is 0.350. The molecule has 122 valence electrons. The molecule has 0 saturated heterocycles. The maximum atomic E-state index is 11.5. The highest BCUT2D eigenvalue weighted by Crippen LogP contribution is 2.19. The van der Waals surface area contributed by atoms with Gasteiger partial charge in [0.1, 0.15) is 5.75 Å². The van der Waals surface area contributed by atoms with Crippen LogP contribution >= 0.6 is 0 Å². The third kappa shape index (κ3) is 4.59. The molecule has 0 saturated carbocycles. The van der Waals surface area contributed by atoms with E-state index in [1.165, 1.54) is 23.8 Å². The van der Waals surface area contributed by atoms with Crippen LogP contribution in [0.15, 0.2) is 36.4 Å². The molecule has 0 unspecified atom stereocenters. The van der Waals surface area contributed by atoms with Crippen molar-refractivity contribution in [3.63, 3.8) is 0 Å². The number of esters is 1. The zero-order chi connectivity index (χ0) is 16.8. The number of ether oxygens (including phenoxy) is 2. The molecular formula is C20H24O3. The Balaban J connectivity index is 1.99. The van der Waals surface area contributed by atoms with Crippen molar-refractivity contribution < 1.29 is 14.3 Å². The van der Waals surface area contributed by atoms with Crippen LogP contribution in [0.1, 0.15) is 39.0 Å². The van der Waals surface area contributed by atoms with E-state index < -0.39 is 0 Å². The van der Waals surface area contributed by atoms with Gasteiger partial charge in [-0.3, -0.25) is 0 Å². The normalized spacial score (nSPS) is 10.4. The Hall–Kier alpha value is -2.29. The molecule has 2 aromatic carbocycles. The Morgan fingerprint density at radius 2 is 1.78 bits per heavy atom. The summed E-state index contributed by atoms with van der Waals surface area (Å²) in [5, 5.41) is 0. The van der Waals surface area contributed by atoms with E-state index in [9.17, 15) is 4.79 Å². The topological polar surface area (TPSA) is 35.5 Å². The van der Waals surface area contributed by atoms with Crippen LogP contribution < -0.4 is 4.74 Å². The molecule has 3 nitrogen and oxygen atoms in total. The summed E-state index contributed by atoms with van der Waals surface area (Å²) in [5.41, 5.74) is 5.54. The lowest BCUT2D eigenvalue weighted by Crippen LogP contribution is -2.02. The SMILES string of the molecule is COC(=O)c1ccc(CCCc2cc(C)cc(OC)c2)c(C)c1. The zero-order valence-electron chi connectivity index (χ0n) is 14.3. The highest BCUT2D eigenvalue weighted by atomic mass is 16.5. The van der Waals surface area contributed by atoms with Gasteiger partial charge >= 0.3 is 5.97 Å². The van der Waals surface area contributed by atoms with Crippen LogP contribution in [0.4, 0.5) is 0 Å². The van der Waals surface area contributed by atoms with Gasteiger partial charge in [-0.05, 0) is 79.6 Å². The van der Waals surface area contributed by atoms with Crippen LogP contribution in [0.5, 0.6) is 5.75 Å². The molecule has 0 aromatic heterocycles. The maximum Gasteiger partial charge on any atom is 0.337 e. The third-order valence-corrected chi connectivity index (χ3v) is 4.02. The van der Waals surface area contributed by atoms with E-state index in [4.69, 9.17) is 9.47 Å². The van der Waals surface area contributed by atoms with Crippen LogP contribution in [-0.2, 0) is 17.6 Å².